The number of aromatic hydroxyl groups is 1. The number of nitrogens with one attached hydrogen (secondary N) is 2. The summed E-state index contributed by atoms with van der Waals surface area (Å²) in [4.78, 5) is 15.2. The number of aromatic amines is 1. The normalized spacial score (nSPS) is 10.8. The van der Waals surface area contributed by atoms with Crippen molar-refractivity contribution >= 4 is 28.4 Å². The molecule has 3 aromatic rings. The maximum Gasteiger partial charge on any atom is 0.252 e. The van der Waals surface area contributed by atoms with E-state index in [0.29, 0.717) is 23.6 Å². The molecule has 0 aliphatic rings. The van der Waals surface area contributed by atoms with Gasteiger partial charge >= 0.3 is 0 Å². The highest BCUT2D eigenvalue weighted by atomic mass is 35.5. The van der Waals surface area contributed by atoms with E-state index in [-0.39, 0.29) is 11.7 Å². The standard InChI is InChI=1S/C17H15ClN2O2/c18-15-4-2-1-3-14(15)17(22)19-8-7-11-10-20-16-9-12(21)5-6-13(11)16/h1-6,9-10,20-21H,7-8H2,(H,19,22). The first-order valence-corrected chi connectivity index (χ1v) is 7.34. The molecule has 22 heavy (non-hydrogen) atoms. The number of hydrogen-bond donors (Lipinski definition) is 3. The molecule has 0 aliphatic carbocycles. The van der Waals surface area contributed by atoms with Crippen LogP contribution < -0.4 is 5.32 Å². The number of hydrogen-bond acceptors (Lipinski definition) is 2. The van der Waals surface area contributed by atoms with Crippen LogP contribution in [-0.2, 0) is 6.42 Å². The van der Waals surface area contributed by atoms with Crippen molar-refractivity contribution in [1.29, 1.82) is 0 Å². The Hall–Kier alpha value is -2.46. The van der Waals surface area contributed by atoms with Crippen LogP contribution >= 0.6 is 11.6 Å². The zero-order chi connectivity index (χ0) is 15.5. The lowest BCUT2D eigenvalue weighted by Crippen LogP contribution is -2.25. The van der Waals surface area contributed by atoms with Crippen LogP contribution in [0, 0.1) is 0 Å². The molecule has 0 radical (unpaired) electrons. The van der Waals surface area contributed by atoms with E-state index in [2.05, 4.69) is 10.3 Å². The Morgan fingerprint density at radius 1 is 1.23 bits per heavy atom. The summed E-state index contributed by atoms with van der Waals surface area (Å²) in [6, 6.07) is 12.2. The van der Waals surface area contributed by atoms with E-state index in [1.807, 2.05) is 12.3 Å². The van der Waals surface area contributed by atoms with Crippen LogP contribution in [0.2, 0.25) is 5.02 Å². The molecule has 0 atom stereocenters. The Balaban J connectivity index is 1.65. The quantitative estimate of drug-likeness (QED) is 0.690. The van der Waals surface area contributed by atoms with Gasteiger partial charge < -0.3 is 15.4 Å². The highest BCUT2D eigenvalue weighted by Gasteiger charge is 2.09. The van der Waals surface area contributed by atoms with Gasteiger partial charge in [-0.05, 0) is 36.2 Å². The molecule has 5 heteroatoms. The Morgan fingerprint density at radius 3 is 2.86 bits per heavy atom. The number of H-pyrrole nitrogens is 1. The van der Waals surface area contributed by atoms with E-state index < -0.39 is 0 Å². The molecule has 3 N–H and O–H groups in total. The molecular weight excluding hydrogens is 300 g/mol. The number of carbonyl (C=O) groups excluding carboxylic acids is 1. The molecule has 1 aromatic heterocycles. The van der Waals surface area contributed by atoms with Gasteiger partial charge in [-0.15, -0.1) is 0 Å². The summed E-state index contributed by atoms with van der Waals surface area (Å²) in [6.07, 6.45) is 2.59. The minimum atomic E-state index is -0.178. The van der Waals surface area contributed by atoms with Crippen molar-refractivity contribution < 1.29 is 9.90 Å². The van der Waals surface area contributed by atoms with Crippen LogP contribution in [-0.4, -0.2) is 22.5 Å². The number of halogens is 1. The Kier molecular flexibility index (Phi) is 4.02. The van der Waals surface area contributed by atoms with Gasteiger partial charge in [0.25, 0.3) is 5.91 Å². The van der Waals surface area contributed by atoms with E-state index in [4.69, 9.17) is 11.6 Å². The lowest BCUT2D eigenvalue weighted by atomic mass is 10.1. The third kappa shape index (κ3) is 2.92. The van der Waals surface area contributed by atoms with Crippen molar-refractivity contribution in [3.05, 3.63) is 64.8 Å². The van der Waals surface area contributed by atoms with Crippen molar-refractivity contribution in [3.63, 3.8) is 0 Å². The number of carbonyl (C=O) groups is 1. The molecule has 4 nitrogen and oxygen atoms in total. The van der Waals surface area contributed by atoms with Crippen LogP contribution in [0.3, 0.4) is 0 Å². The summed E-state index contributed by atoms with van der Waals surface area (Å²) in [5.41, 5.74) is 2.45. The topological polar surface area (TPSA) is 65.1 Å². The Morgan fingerprint density at radius 2 is 2.05 bits per heavy atom. The van der Waals surface area contributed by atoms with E-state index >= 15 is 0 Å². The monoisotopic (exact) mass is 314 g/mol. The van der Waals surface area contributed by atoms with Crippen LogP contribution in [0.4, 0.5) is 0 Å². The first kappa shape index (κ1) is 14.5. The van der Waals surface area contributed by atoms with Gasteiger partial charge in [0.2, 0.25) is 0 Å². The lowest BCUT2D eigenvalue weighted by molar-refractivity contribution is 0.0954. The number of rotatable bonds is 4. The predicted octanol–water partition coefficient (Wildman–Crippen LogP) is 3.50. The Labute approximate surface area is 132 Å². The molecule has 2 aromatic carbocycles. The molecule has 112 valence electrons. The number of fused-ring (bicyclic) bond motifs is 1. The average molecular weight is 315 g/mol. The van der Waals surface area contributed by atoms with Crippen molar-refractivity contribution in [3.8, 4) is 5.75 Å². The van der Waals surface area contributed by atoms with Gasteiger partial charge in [0.15, 0.2) is 0 Å². The fourth-order valence-electron chi connectivity index (χ4n) is 2.43. The summed E-state index contributed by atoms with van der Waals surface area (Å²) in [5, 5.41) is 13.8. The first-order chi connectivity index (χ1) is 10.6. The van der Waals surface area contributed by atoms with Crippen molar-refractivity contribution in [2.45, 2.75) is 6.42 Å². The SMILES string of the molecule is O=C(NCCc1c[nH]c2cc(O)ccc12)c1ccccc1Cl. The molecule has 0 spiro atoms. The van der Waals surface area contributed by atoms with Crippen LogP contribution in [0.15, 0.2) is 48.7 Å². The van der Waals surface area contributed by atoms with Gasteiger partial charge in [0.05, 0.1) is 10.6 Å². The maximum absolute atomic E-state index is 12.1. The second-order valence-electron chi connectivity index (χ2n) is 5.03. The van der Waals surface area contributed by atoms with Crippen LogP contribution in [0.1, 0.15) is 15.9 Å². The summed E-state index contributed by atoms with van der Waals surface area (Å²) in [6.45, 7) is 0.512. The zero-order valence-electron chi connectivity index (χ0n) is 11.8. The van der Waals surface area contributed by atoms with Gasteiger partial charge in [-0.2, -0.15) is 0 Å². The Bertz CT molecular complexity index is 826. The number of amides is 1. The second kappa shape index (κ2) is 6.12. The predicted molar refractivity (Wildman–Crippen MR) is 87.5 cm³/mol. The van der Waals surface area contributed by atoms with Gasteiger partial charge in [0.1, 0.15) is 5.75 Å². The van der Waals surface area contributed by atoms with Gasteiger partial charge in [0, 0.05) is 29.7 Å². The summed E-state index contributed by atoms with van der Waals surface area (Å²) < 4.78 is 0. The second-order valence-corrected chi connectivity index (χ2v) is 5.44. The fourth-order valence-corrected chi connectivity index (χ4v) is 2.65. The lowest BCUT2D eigenvalue weighted by Gasteiger charge is -2.06. The van der Waals surface area contributed by atoms with E-state index in [9.17, 15) is 9.90 Å². The molecule has 0 fully saturated rings. The van der Waals surface area contributed by atoms with E-state index in [1.165, 1.54) is 0 Å². The van der Waals surface area contributed by atoms with Crippen molar-refractivity contribution in [1.82, 2.24) is 10.3 Å². The number of phenols is 1. The van der Waals surface area contributed by atoms with Gasteiger partial charge in [-0.3, -0.25) is 4.79 Å². The molecule has 1 heterocycles. The molecule has 0 bridgehead atoms. The third-order valence-corrected chi connectivity index (χ3v) is 3.88. The summed E-state index contributed by atoms with van der Waals surface area (Å²) in [5.74, 6) is 0.0519. The van der Waals surface area contributed by atoms with Crippen molar-refractivity contribution in [2.24, 2.45) is 0 Å². The molecule has 0 saturated heterocycles. The minimum Gasteiger partial charge on any atom is -0.508 e. The molecule has 0 aliphatic heterocycles. The van der Waals surface area contributed by atoms with Crippen molar-refractivity contribution in [2.75, 3.05) is 6.54 Å². The first-order valence-electron chi connectivity index (χ1n) is 6.97. The molecule has 3 rings (SSSR count). The smallest absolute Gasteiger partial charge is 0.252 e. The van der Waals surface area contributed by atoms with Crippen LogP contribution in [0.5, 0.6) is 5.75 Å². The highest BCUT2D eigenvalue weighted by molar-refractivity contribution is 6.33. The van der Waals surface area contributed by atoms with Gasteiger partial charge in [-0.25, -0.2) is 0 Å². The average Bonchev–Trinajstić information content (AvgIpc) is 2.90. The van der Waals surface area contributed by atoms with Crippen LogP contribution in [0.25, 0.3) is 10.9 Å². The van der Waals surface area contributed by atoms with E-state index in [1.54, 1.807) is 36.4 Å². The zero-order valence-corrected chi connectivity index (χ0v) is 12.5. The number of benzene rings is 2. The summed E-state index contributed by atoms with van der Waals surface area (Å²) >= 11 is 6.00. The third-order valence-electron chi connectivity index (χ3n) is 3.55. The number of phenolic OH excluding ortho intramolecular Hbond substituents is 1. The maximum atomic E-state index is 12.1. The molecular formula is C17H15ClN2O2. The molecule has 1 amide bonds. The summed E-state index contributed by atoms with van der Waals surface area (Å²) in [7, 11) is 0. The molecule has 0 unspecified atom stereocenters. The fraction of sp³-hybridized carbons (Fsp3) is 0.118. The molecule has 0 saturated carbocycles. The van der Waals surface area contributed by atoms with Gasteiger partial charge in [-0.1, -0.05) is 23.7 Å². The highest BCUT2D eigenvalue weighted by Crippen LogP contribution is 2.22. The minimum absolute atomic E-state index is 0.178. The number of aromatic nitrogens is 1. The van der Waals surface area contributed by atoms with E-state index in [0.717, 1.165) is 16.5 Å². The largest absolute Gasteiger partial charge is 0.508 e.